The number of hydrogen-bond acceptors (Lipinski definition) is 5. The normalized spacial score (nSPS) is 28.0. The number of carbonyl (C=O) groups excluding carboxylic acids is 2. The molecule has 0 spiro atoms. The molecule has 0 aromatic heterocycles. The van der Waals surface area contributed by atoms with Crippen LogP contribution in [0.25, 0.3) is 0 Å². The van der Waals surface area contributed by atoms with Gasteiger partial charge in [0, 0.05) is 13.0 Å². The van der Waals surface area contributed by atoms with Crippen LogP contribution in [0.4, 0.5) is 0 Å². The minimum Gasteiger partial charge on any atom is -0.380 e. The standard InChI is InChI=1S/C15H24N4O3/c1-8(7-22-4)12(9-5-10(9)13(16)21)19-11(20)6-15(2,3)18-14(19)17/h9-10,12H,1,5-7H2,2-4H3,(H2,16,21)(H2,17,18)/t9-,10-,12-/m1/s1. The molecule has 0 saturated heterocycles. The highest BCUT2D eigenvalue weighted by atomic mass is 16.5. The Hall–Kier alpha value is -1.89. The lowest BCUT2D eigenvalue weighted by Gasteiger charge is -2.38. The van der Waals surface area contributed by atoms with Crippen molar-refractivity contribution >= 4 is 17.8 Å². The highest BCUT2D eigenvalue weighted by Gasteiger charge is 2.52. The zero-order valence-corrected chi connectivity index (χ0v) is 13.3. The summed E-state index contributed by atoms with van der Waals surface area (Å²) in [4.78, 5) is 29.8. The van der Waals surface area contributed by atoms with Gasteiger partial charge in [0.25, 0.3) is 0 Å². The lowest BCUT2D eigenvalue weighted by atomic mass is 9.95. The molecule has 3 atom stereocenters. The number of guanidine groups is 1. The molecule has 0 bridgehead atoms. The molecule has 0 aromatic rings. The van der Waals surface area contributed by atoms with E-state index in [1.54, 1.807) is 7.11 Å². The number of methoxy groups -OCH3 is 1. The topological polar surface area (TPSA) is 111 Å². The fraction of sp³-hybridized carbons (Fsp3) is 0.667. The zero-order chi connectivity index (χ0) is 16.7. The van der Waals surface area contributed by atoms with Crippen LogP contribution < -0.4 is 11.5 Å². The molecule has 7 heteroatoms. The monoisotopic (exact) mass is 308 g/mol. The van der Waals surface area contributed by atoms with Crippen LogP contribution in [0, 0.1) is 11.8 Å². The summed E-state index contributed by atoms with van der Waals surface area (Å²) in [5.74, 6) is -0.637. The summed E-state index contributed by atoms with van der Waals surface area (Å²) in [6.07, 6.45) is 0.890. The van der Waals surface area contributed by atoms with Crippen LogP contribution in [0.3, 0.4) is 0 Å². The fourth-order valence-electron chi connectivity index (χ4n) is 3.12. The fourth-order valence-corrected chi connectivity index (χ4v) is 3.12. The lowest BCUT2D eigenvalue weighted by Crippen LogP contribution is -2.56. The smallest absolute Gasteiger partial charge is 0.232 e. The van der Waals surface area contributed by atoms with Crippen molar-refractivity contribution in [1.82, 2.24) is 4.90 Å². The first kappa shape index (κ1) is 16.5. The van der Waals surface area contributed by atoms with Crippen LogP contribution in [0.2, 0.25) is 0 Å². The Morgan fingerprint density at radius 3 is 2.68 bits per heavy atom. The maximum Gasteiger partial charge on any atom is 0.232 e. The van der Waals surface area contributed by atoms with Crippen molar-refractivity contribution in [2.45, 2.75) is 38.3 Å². The van der Waals surface area contributed by atoms with E-state index >= 15 is 0 Å². The molecule has 122 valence electrons. The average molecular weight is 308 g/mol. The third-order valence-electron chi connectivity index (χ3n) is 4.15. The van der Waals surface area contributed by atoms with E-state index in [1.807, 2.05) is 13.8 Å². The predicted molar refractivity (Wildman–Crippen MR) is 82.8 cm³/mol. The van der Waals surface area contributed by atoms with Gasteiger partial charge in [-0.15, -0.1) is 0 Å². The van der Waals surface area contributed by atoms with Crippen LogP contribution in [0.1, 0.15) is 26.7 Å². The molecule has 1 aliphatic heterocycles. The average Bonchev–Trinajstić information content (AvgIpc) is 3.12. The van der Waals surface area contributed by atoms with E-state index in [2.05, 4.69) is 11.6 Å². The number of rotatable bonds is 6. The van der Waals surface area contributed by atoms with Crippen LogP contribution in [0.5, 0.6) is 0 Å². The largest absolute Gasteiger partial charge is 0.380 e. The first-order valence-electron chi connectivity index (χ1n) is 7.31. The number of amides is 2. The SMILES string of the molecule is C=C(COC)[C@H]([C@@H]1C[C@H]1C(N)=O)N1C(=O)CC(C)(C)N=C1N. The van der Waals surface area contributed by atoms with Crippen LogP contribution in [0.15, 0.2) is 17.1 Å². The van der Waals surface area contributed by atoms with E-state index in [1.165, 1.54) is 4.90 Å². The summed E-state index contributed by atoms with van der Waals surface area (Å²) in [6.45, 7) is 8.00. The van der Waals surface area contributed by atoms with E-state index in [9.17, 15) is 9.59 Å². The molecule has 0 unspecified atom stereocenters. The van der Waals surface area contributed by atoms with E-state index < -0.39 is 11.6 Å². The maximum atomic E-state index is 12.5. The second kappa shape index (κ2) is 5.72. The molecule has 0 radical (unpaired) electrons. The Bertz CT molecular complexity index is 541. The van der Waals surface area contributed by atoms with Gasteiger partial charge >= 0.3 is 0 Å². The number of nitrogens with zero attached hydrogens (tertiary/aromatic N) is 2. The van der Waals surface area contributed by atoms with Crippen molar-refractivity contribution in [3.8, 4) is 0 Å². The van der Waals surface area contributed by atoms with Crippen LogP contribution in [-0.4, -0.2) is 48.0 Å². The minimum absolute atomic E-state index is 0.0703. The van der Waals surface area contributed by atoms with Gasteiger partial charge in [0.2, 0.25) is 11.8 Å². The summed E-state index contributed by atoms with van der Waals surface area (Å²) in [7, 11) is 1.55. The number of carbonyl (C=O) groups is 2. The van der Waals surface area contributed by atoms with Crippen LogP contribution in [-0.2, 0) is 14.3 Å². The third kappa shape index (κ3) is 3.14. The van der Waals surface area contributed by atoms with E-state index in [4.69, 9.17) is 16.2 Å². The highest BCUT2D eigenvalue weighted by Crippen LogP contribution is 2.45. The molecular weight excluding hydrogens is 284 g/mol. The van der Waals surface area contributed by atoms with Gasteiger partial charge in [0.15, 0.2) is 5.96 Å². The maximum absolute atomic E-state index is 12.5. The molecule has 2 amide bonds. The van der Waals surface area contributed by atoms with Crippen molar-refractivity contribution in [3.05, 3.63) is 12.2 Å². The number of nitrogens with two attached hydrogens (primary N) is 2. The molecule has 7 nitrogen and oxygen atoms in total. The first-order chi connectivity index (χ1) is 10.2. The summed E-state index contributed by atoms with van der Waals surface area (Å²) in [6, 6.07) is -0.398. The summed E-state index contributed by atoms with van der Waals surface area (Å²) in [5.41, 5.74) is 11.6. The van der Waals surface area contributed by atoms with Crippen molar-refractivity contribution < 1.29 is 14.3 Å². The van der Waals surface area contributed by atoms with Gasteiger partial charge in [-0.1, -0.05) is 6.58 Å². The molecule has 2 rings (SSSR count). The van der Waals surface area contributed by atoms with E-state index in [0.717, 1.165) is 0 Å². The number of ether oxygens (including phenoxy) is 1. The Morgan fingerprint density at radius 2 is 2.23 bits per heavy atom. The first-order valence-corrected chi connectivity index (χ1v) is 7.31. The van der Waals surface area contributed by atoms with Crippen molar-refractivity contribution in [2.75, 3.05) is 13.7 Å². The Balaban J connectivity index is 2.31. The van der Waals surface area contributed by atoms with Gasteiger partial charge in [-0.3, -0.25) is 14.5 Å². The molecule has 1 fully saturated rings. The Kier molecular flexibility index (Phi) is 4.28. The Labute approximate surface area is 130 Å². The van der Waals surface area contributed by atoms with E-state index in [0.29, 0.717) is 12.0 Å². The van der Waals surface area contributed by atoms with Gasteiger partial charge in [-0.2, -0.15) is 0 Å². The van der Waals surface area contributed by atoms with Gasteiger partial charge in [0.05, 0.1) is 24.6 Å². The molecule has 1 aliphatic carbocycles. The molecule has 1 saturated carbocycles. The highest BCUT2D eigenvalue weighted by molar-refractivity contribution is 6.00. The van der Waals surface area contributed by atoms with Gasteiger partial charge < -0.3 is 16.2 Å². The Morgan fingerprint density at radius 1 is 1.59 bits per heavy atom. The van der Waals surface area contributed by atoms with Gasteiger partial charge in [-0.25, -0.2) is 4.99 Å². The van der Waals surface area contributed by atoms with Crippen molar-refractivity contribution in [2.24, 2.45) is 28.3 Å². The second-order valence-corrected chi connectivity index (χ2v) is 6.67. The number of aliphatic imine (C=N–C) groups is 1. The predicted octanol–water partition coefficient (Wildman–Crippen LogP) is 0.00460. The quantitative estimate of drug-likeness (QED) is 0.673. The third-order valence-corrected chi connectivity index (χ3v) is 4.15. The second-order valence-electron chi connectivity index (χ2n) is 6.67. The summed E-state index contributed by atoms with van der Waals surface area (Å²) < 4.78 is 5.13. The lowest BCUT2D eigenvalue weighted by molar-refractivity contribution is -0.131. The van der Waals surface area contributed by atoms with Crippen LogP contribution >= 0.6 is 0 Å². The number of hydrogen-bond donors (Lipinski definition) is 2. The van der Waals surface area contributed by atoms with Crippen molar-refractivity contribution in [1.29, 1.82) is 0 Å². The zero-order valence-electron chi connectivity index (χ0n) is 13.3. The molecule has 2 aliphatic rings. The van der Waals surface area contributed by atoms with E-state index in [-0.39, 0.29) is 42.6 Å². The summed E-state index contributed by atoms with van der Waals surface area (Å²) in [5, 5.41) is 0. The van der Waals surface area contributed by atoms with Gasteiger partial charge in [0.1, 0.15) is 0 Å². The van der Waals surface area contributed by atoms with Gasteiger partial charge in [-0.05, 0) is 31.8 Å². The molecule has 22 heavy (non-hydrogen) atoms. The number of primary amides is 1. The molecule has 4 N–H and O–H groups in total. The summed E-state index contributed by atoms with van der Waals surface area (Å²) >= 11 is 0. The molecule has 0 aromatic carbocycles. The molecule has 1 heterocycles. The molecular formula is C15H24N4O3. The minimum atomic E-state index is -0.516. The van der Waals surface area contributed by atoms with Crippen molar-refractivity contribution in [3.63, 3.8) is 0 Å².